The fourth-order valence-electron chi connectivity index (χ4n) is 3.87. The Labute approximate surface area is 186 Å². The van der Waals surface area contributed by atoms with Crippen LogP contribution in [0.15, 0.2) is 41.6 Å². The van der Waals surface area contributed by atoms with Crippen LogP contribution in [-0.2, 0) is 10.2 Å². The van der Waals surface area contributed by atoms with Crippen LogP contribution in [0.3, 0.4) is 0 Å². The molecule has 1 saturated carbocycles. The van der Waals surface area contributed by atoms with Gasteiger partial charge < -0.3 is 11.2 Å². The normalized spacial score (nSPS) is 14.8. The van der Waals surface area contributed by atoms with E-state index in [-0.39, 0.29) is 17.1 Å². The van der Waals surface area contributed by atoms with Crippen LogP contribution in [-0.4, -0.2) is 36.3 Å². The molecule has 0 radical (unpaired) electrons. The van der Waals surface area contributed by atoms with Crippen LogP contribution in [0, 0.1) is 0 Å². The average molecular weight is 440 g/mol. The molecule has 0 spiro atoms. The van der Waals surface area contributed by atoms with Crippen molar-refractivity contribution in [3.05, 3.63) is 47.9 Å². The molecule has 0 unspecified atom stereocenters. The highest BCUT2D eigenvalue weighted by molar-refractivity contribution is 7.99. The number of rotatable bonds is 6. The lowest BCUT2D eigenvalue weighted by Gasteiger charge is -2.16. The zero-order chi connectivity index (χ0) is 22.0. The van der Waals surface area contributed by atoms with Gasteiger partial charge in [-0.3, -0.25) is 4.79 Å². The minimum atomic E-state index is -0.221. The molecule has 1 aliphatic rings. The number of hydrogen-bond acceptors (Lipinski definition) is 6. The van der Waals surface area contributed by atoms with Gasteiger partial charge in [0, 0.05) is 17.4 Å². The molecular weight excluding hydrogens is 410 g/mol. The van der Waals surface area contributed by atoms with Gasteiger partial charge in [-0.2, -0.15) is 5.10 Å². The summed E-state index contributed by atoms with van der Waals surface area (Å²) in [7, 11) is 0. The molecule has 1 amide bonds. The van der Waals surface area contributed by atoms with Gasteiger partial charge in [-0.1, -0.05) is 63.6 Å². The van der Waals surface area contributed by atoms with Gasteiger partial charge in [-0.25, -0.2) is 9.36 Å². The number of amides is 1. The highest BCUT2D eigenvalue weighted by atomic mass is 32.2. The standard InChI is InChI=1S/C22H29N7OS/c1-22(2,3)20-25-26-21(28(20)23)31-14-19(30)24-18-13-17(15-9-7-8-10-15)27-29(18)16-11-5-4-6-12-16/h4-6,11-13,15H,7-10,14,23H2,1-3H3,(H,24,30). The first-order valence-electron chi connectivity index (χ1n) is 10.6. The van der Waals surface area contributed by atoms with Crippen LogP contribution in [0.25, 0.3) is 5.69 Å². The first kappa shape index (κ1) is 21.4. The lowest BCUT2D eigenvalue weighted by Crippen LogP contribution is -2.24. The second-order valence-corrected chi connectivity index (χ2v) is 9.89. The summed E-state index contributed by atoms with van der Waals surface area (Å²) in [6, 6.07) is 11.9. The van der Waals surface area contributed by atoms with Gasteiger partial charge in [-0.15, -0.1) is 10.2 Å². The van der Waals surface area contributed by atoms with Crippen molar-refractivity contribution in [2.45, 2.75) is 62.9 Å². The third-order valence-corrected chi connectivity index (χ3v) is 6.38. The molecule has 0 bridgehead atoms. The molecule has 1 aromatic carbocycles. The van der Waals surface area contributed by atoms with E-state index in [0.29, 0.717) is 22.7 Å². The van der Waals surface area contributed by atoms with Gasteiger partial charge >= 0.3 is 0 Å². The number of hydrogen-bond donors (Lipinski definition) is 2. The van der Waals surface area contributed by atoms with Crippen molar-refractivity contribution in [3.63, 3.8) is 0 Å². The quantitative estimate of drug-likeness (QED) is 0.446. The van der Waals surface area contributed by atoms with Crippen molar-refractivity contribution in [3.8, 4) is 5.69 Å². The Bertz CT molecular complexity index is 1050. The number of benzene rings is 1. The van der Waals surface area contributed by atoms with E-state index in [9.17, 15) is 4.79 Å². The molecule has 3 N–H and O–H groups in total. The van der Waals surface area contributed by atoms with Gasteiger partial charge in [0.25, 0.3) is 0 Å². The number of para-hydroxylation sites is 1. The first-order chi connectivity index (χ1) is 14.8. The summed E-state index contributed by atoms with van der Waals surface area (Å²) < 4.78 is 3.28. The Kier molecular flexibility index (Phi) is 6.04. The molecule has 3 aromatic rings. The zero-order valence-electron chi connectivity index (χ0n) is 18.2. The molecular formula is C22H29N7OS. The van der Waals surface area contributed by atoms with E-state index < -0.39 is 0 Å². The van der Waals surface area contributed by atoms with E-state index in [2.05, 4.69) is 15.5 Å². The minimum Gasteiger partial charge on any atom is -0.336 e. The Morgan fingerprint density at radius 3 is 2.55 bits per heavy atom. The average Bonchev–Trinajstić information content (AvgIpc) is 3.46. The van der Waals surface area contributed by atoms with Gasteiger partial charge in [0.15, 0.2) is 5.82 Å². The van der Waals surface area contributed by atoms with E-state index in [1.165, 1.54) is 29.3 Å². The van der Waals surface area contributed by atoms with E-state index in [1.807, 2.05) is 61.9 Å². The molecule has 1 fully saturated rings. The predicted molar refractivity (Wildman–Crippen MR) is 123 cm³/mol. The lowest BCUT2D eigenvalue weighted by molar-refractivity contribution is -0.113. The molecule has 2 heterocycles. The predicted octanol–water partition coefficient (Wildman–Crippen LogP) is 3.86. The van der Waals surface area contributed by atoms with Gasteiger partial charge in [0.1, 0.15) is 5.82 Å². The molecule has 0 aliphatic heterocycles. The molecule has 9 heteroatoms. The number of nitrogen functional groups attached to an aromatic ring is 1. The van der Waals surface area contributed by atoms with Crippen molar-refractivity contribution >= 4 is 23.5 Å². The summed E-state index contributed by atoms with van der Waals surface area (Å²) in [6.45, 7) is 6.07. The number of anilines is 1. The minimum absolute atomic E-state index is 0.139. The second kappa shape index (κ2) is 8.74. The van der Waals surface area contributed by atoms with Crippen molar-refractivity contribution in [2.75, 3.05) is 16.9 Å². The third-order valence-electron chi connectivity index (χ3n) is 5.44. The van der Waals surface area contributed by atoms with E-state index in [4.69, 9.17) is 10.9 Å². The summed E-state index contributed by atoms with van der Waals surface area (Å²) in [5.74, 6) is 7.99. The number of carbonyl (C=O) groups is 1. The Morgan fingerprint density at radius 1 is 1.19 bits per heavy atom. The highest BCUT2D eigenvalue weighted by Gasteiger charge is 2.24. The number of nitrogens with zero attached hydrogens (tertiary/aromatic N) is 5. The van der Waals surface area contributed by atoms with Crippen molar-refractivity contribution in [2.24, 2.45) is 0 Å². The van der Waals surface area contributed by atoms with Crippen LogP contribution < -0.4 is 11.2 Å². The van der Waals surface area contributed by atoms with Gasteiger partial charge in [-0.05, 0) is 25.0 Å². The SMILES string of the molecule is CC(C)(C)c1nnc(SCC(=O)Nc2cc(C3CCCC3)nn2-c2ccccc2)n1N. The number of thioether (sulfide) groups is 1. The summed E-state index contributed by atoms with van der Waals surface area (Å²) >= 11 is 1.27. The molecule has 0 atom stereocenters. The number of carbonyl (C=O) groups excluding carboxylic acids is 1. The maximum atomic E-state index is 12.7. The maximum absolute atomic E-state index is 12.7. The summed E-state index contributed by atoms with van der Waals surface area (Å²) in [4.78, 5) is 12.7. The van der Waals surface area contributed by atoms with Crippen molar-refractivity contribution < 1.29 is 4.79 Å². The largest absolute Gasteiger partial charge is 0.336 e. The molecule has 164 valence electrons. The summed E-state index contributed by atoms with van der Waals surface area (Å²) in [5, 5.41) is 16.7. The van der Waals surface area contributed by atoms with Crippen LogP contribution in [0.5, 0.6) is 0 Å². The van der Waals surface area contributed by atoms with Crippen molar-refractivity contribution in [1.29, 1.82) is 0 Å². The fourth-order valence-corrected chi connectivity index (χ4v) is 4.53. The number of aromatic nitrogens is 5. The lowest BCUT2D eigenvalue weighted by atomic mass is 9.96. The molecule has 1 aliphatic carbocycles. The Morgan fingerprint density at radius 2 is 1.90 bits per heavy atom. The number of nitrogens with one attached hydrogen (secondary N) is 1. The zero-order valence-corrected chi connectivity index (χ0v) is 19.0. The molecule has 0 saturated heterocycles. The van der Waals surface area contributed by atoms with E-state index in [0.717, 1.165) is 24.2 Å². The van der Waals surface area contributed by atoms with Crippen LogP contribution in [0.4, 0.5) is 5.82 Å². The number of nitrogens with two attached hydrogens (primary N) is 1. The van der Waals surface area contributed by atoms with Gasteiger partial charge in [0.2, 0.25) is 11.1 Å². The first-order valence-corrected chi connectivity index (χ1v) is 11.6. The van der Waals surface area contributed by atoms with Crippen LogP contribution in [0.2, 0.25) is 0 Å². The Balaban J connectivity index is 1.49. The van der Waals surface area contributed by atoms with Gasteiger partial charge in [0.05, 0.1) is 17.1 Å². The smallest absolute Gasteiger partial charge is 0.236 e. The van der Waals surface area contributed by atoms with Crippen molar-refractivity contribution in [1.82, 2.24) is 24.7 Å². The second-order valence-electron chi connectivity index (χ2n) is 8.95. The van der Waals surface area contributed by atoms with E-state index >= 15 is 0 Å². The molecule has 2 aromatic heterocycles. The van der Waals surface area contributed by atoms with Crippen LogP contribution >= 0.6 is 11.8 Å². The summed E-state index contributed by atoms with van der Waals surface area (Å²) in [5.41, 5.74) is 1.74. The van der Waals surface area contributed by atoms with E-state index in [1.54, 1.807) is 0 Å². The topological polar surface area (TPSA) is 104 Å². The molecule has 8 nitrogen and oxygen atoms in total. The monoisotopic (exact) mass is 439 g/mol. The Hall–Kier alpha value is -2.81. The fraction of sp³-hybridized carbons (Fsp3) is 0.455. The molecule has 31 heavy (non-hydrogen) atoms. The highest BCUT2D eigenvalue weighted by Crippen LogP contribution is 2.35. The summed E-state index contributed by atoms with van der Waals surface area (Å²) in [6.07, 6.45) is 4.77. The maximum Gasteiger partial charge on any atom is 0.236 e. The molecule has 4 rings (SSSR count). The third kappa shape index (κ3) is 4.76. The van der Waals surface area contributed by atoms with Crippen LogP contribution in [0.1, 0.15) is 63.9 Å².